The van der Waals surface area contributed by atoms with Crippen LogP contribution in [0.25, 0.3) is 0 Å². The number of amides is 1. The number of benzene rings is 3. The van der Waals surface area contributed by atoms with Crippen molar-refractivity contribution in [2.75, 3.05) is 26.2 Å². The second-order valence-electron chi connectivity index (χ2n) is 8.21. The topological polar surface area (TPSA) is 55.6 Å². The lowest BCUT2D eigenvalue weighted by Gasteiger charge is -2.37. The first-order valence-corrected chi connectivity index (χ1v) is 11.0. The predicted molar refractivity (Wildman–Crippen MR) is 124 cm³/mol. The van der Waals surface area contributed by atoms with Crippen molar-refractivity contribution in [2.24, 2.45) is 11.7 Å². The fraction of sp³-hybridized carbons (Fsp3) is 0.296. The van der Waals surface area contributed by atoms with Crippen LogP contribution >= 0.6 is 0 Å². The van der Waals surface area contributed by atoms with Crippen molar-refractivity contribution in [1.82, 2.24) is 4.90 Å². The zero-order chi connectivity index (χ0) is 21.5. The molecule has 1 aliphatic heterocycles. The fourth-order valence-electron chi connectivity index (χ4n) is 4.91. The second kappa shape index (κ2) is 9.80. The van der Waals surface area contributed by atoms with Gasteiger partial charge < -0.3 is 15.4 Å². The van der Waals surface area contributed by atoms with Crippen LogP contribution in [-0.4, -0.2) is 37.0 Å². The van der Waals surface area contributed by atoms with Crippen molar-refractivity contribution in [2.45, 2.75) is 18.3 Å². The van der Waals surface area contributed by atoms with E-state index in [4.69, 9.17) is 10.5 Å². The molecule has 0 aliphatic carbocycles. The van der Waals surface area contributed by atoms with Crippen molar-refractivity contribution in [3.63, 3.8) is 0 Å². The van der Waals surface area contributed by atoms with Crippen LogP contribution in [0.1, 0.15) is 24.0 Å². The summed E-state index contributed by atoms with van der Waals surface area (Å²) < 4.78 is 5.84. The van der Waals surface area contributed by atoms with Gasteiger partial charge in [0.1, 0.15) is 11.2 Å². The summed E-state index contributed by atoms with van der Waals surface area (Å²) in [6, 6.07) is 30.0. The molecule has 0 radical (unpaired) electrons. The lowest BCUT2D eigenvalue weighted by Crippen LogP contribution is -2.49. The average molecular weight is 415 g/mol. The zero-order valence-electron chi connectivity index (χ0n) is 17.8. The van der Waals surface area contributed by atoms with E-state index in [1.54, 1.807) is 0 Å². The Morgan fingerprint density at radius 1 is 0.903 bits per heavy atom. The molecular weight excluding hydrogens is 384 g/mol. The monoisotopic (exact) mass is 414 g/mol. The first-order valence-electron chi connectivity index (χ1n) is 11.0. The number of hydrogen-bond donors (Lipinski definition) is 1. The number of ether oxygens (including phenoxy) is 1. The van der Waals surface area contributed by atoms with E-state index < -0.39 is 5.41 Å². The van der Waals surface area contributed by atoms with Crippen molar-refractivity contribution >= 4 is 5.91 Å². The van der Waals surface area contributed by atoms with Crippen LogP contribution in [0.3, 0.4) is 0 Å². The van der Waals surface area contributed by atoms with Gasteiger partial charge in [-0.25, -0.2) is 0 Å². The SMILES string of the molecule is NC(=O)C(c1ccccc1)(c1ccccc1)C1CCN(CCCOc2ccccc2)C1. The van der Waals surface area contributed by atoms with Crippen LogP contribution in [-0.2, 0) is 10.2 Å². The maximum Gasteiger partial charge on any atom is 0.232 e. The summed E-state index contributed by atoms with van der Waals surface area (Å²) in [4.78, 5) is 15.6. The van der Waals surface area contributed by atoms with Gasteiger partial charge in [0.15, 0.2) is 0 Å². The number of carbonyl (C=O) groups excluding carboxylic acids is 1. The highest BCUT2D eigenvalue weighted by molar-refractivity contribution is 5.91. The molecule has 4 nitrogen and oxygen atoms in total. The molecule has 3 aromatic carbocycles. The Morgan fingerprint density at radius 3 is 2.00 bits per heavy atom. The van der Waals surface area contributed by atoms with E-state index >= 15 is 0 Å². The summed E-state index contributed by atoms with van der Waals surface area (Å²) in [5, 5.41) is 0. The molecule has 2 N–H and O–H groups in total. The quantitative estimate of drug-likeness (QED) is 0.533. The van der Waals surface area contributed by atoms with Crippen LogP contribution in [0.2, 0.25) is 0 Å². The molecule has 0 aromatic heterocycles. The molecule has 1 heterocycles. The third-order valence-corrected chi connectivity index (χ3v) is 6.36. The number of rotatable bonds is 9. The van der Waals surface area contributed by atoms with Crippen molar-refractivity contribution < 1.29 is 9.53 Å². The van der Waals surface area contributed by atoms with Crippen LogP contribution < -0.4 is 10.5 Å². The molecule has 4 heteroatoms. The molecule has 1 fully saturated rings. The minimum atomic E-state index is -0.822. The van der Waals surface area contributed by atoms with E-state index in [-0.39, 0.29) is 11.8 Å². The van der Waals surface area contributed by atoms with Gasteiger partial charge in [0, 0.05) is 13.1 Å². The van der Waals surface area contributed by atoms with Gasteiger partial charge in [-0.1, -0.05) is 78.9 Å². The molecule has 1 saturated heterocycles. The van der Waals surface area contributed by atoms with Gasteiger partial charge in [0.05, 0.1) is 6.61 Å². The first kappa shape index (κ1) is 21.1. The maximum atomic E-state index is 13.1. The molecule has 1 atom stereocenters. The third-order valence-electron chi connectivity index (χ3n) is 6.36. The van der Waals surface area contributed by atoms with Crippen LogP contribution in [0, 0.1) is 5.92 Å². The number of primary amides is 1. The number of hydrogen-bond acceptors (Lipinski definition) is 3. The Labute approximate surface area is 184 Å². The number of carbonyl (C=O) groups is 1. The number of para-hydroxylation sites is 1. The standard InChI is InChI=1S/C27H30N2O2/c28-26(30)27(22-11-4-1-5-12-22,23-13-6-2-7-14-23)24-17-19-29(21-24)18-10-20-31-25-15-8-3-9-16-25/h1-9,11-16,24H,10,17-21H2,(H2,28,30). The minimum absolute atomic E-state index is 0.129. The first-order chi connectivity index (χ1) is 15.2. The van der Waals surface area contributed by atoms with Gasteiger partial charge in [-0.15, -0.1) is 0 Å². The average Bonchev–Trinajstić information content (AvgIpc) is 3.28. The van der Waals surface area contributed by atoms with Gasteiger partial charge >= 0.3 is 0 Å². The molecule has 1 aliphatic rings. The minimum Gasteiger partial charge on any atom is -0.494 e. The predicted octanol–water partition coefficient (Wildman–Crippen LogP) is 4.25. The molecule has 160 valence electrons. The van der Waals surface area contributed by atoms with Gasteiger partial charge in [0.2, 0.25) is 5.91 Å². The maximum absolute atomic E-state index is 13.1. The van der Waals surface area contributed by atoms with E-state index in [0.29, 0.717) is 6.61 Å². The normalized spacial score (nSPS) is 16.8. The van der Waals surface area contributed by atoms with E-state index in [1.165, 1.54) is 0 Å². The Kier molecular flexibility index (Phi) is 6.68. The number of likely N-dealkylation sites (tertiary alicyclic amines) is 1. The lowest BCUT2D eigenvalue weighted by atomic mass is 9.64. The van der Waals surface area contributed by atoms with Gasteiger partial charge in [-0.05, 0) is 48.6 Å². The van der Waals surface area contributed by atoms with E-state index in [0.717, 1.165) is 49.4 Å². The summed E-state index contributed by atoms with van der Waals surface area (Å²) in [7, 11) is 0. The Bertz CT molecular complexity index is 921. The van der Waals surface area contributed by atoms with Crippen molar-refractivity contribution in [3.8, 4) is 5.75 Å². The van der Waals surface area contributed by atoms with E-state index in [9.17, 15) is 4.79 Å². The fourth-order valence-corrected chi connectivity index (χ4v) is 4.91. The summed E-state index contributed by atoms with van der Waals surface area (Å²) >= 11 is 0. The third kappa shape index (κ3) is 4.49. The Morgan fingerprint density at radius 2 is 1.45 bits per heavy atom. The van der Waals surface area contributed by atoms with Crippen LogP contribution in [0.15, 0.2) is 91.0 Å². The van der Waals surface area contributed by atoms with Crippen LogP contribution in [0.5, 0.6) is 5.75 Å². The molecule has 1 amide bonds. The van der Waals surface area contributed by atoms with Gasteiger partial charge in [0.25, 0.3) is 0 Å². The molecule has 31 heavy (non-hydrogen) atoms. The second-order valence-corrected chi connectivity index (χ2v) is 8.21. The highest BCUT2D eigenvalue weighted by Gasteiger charge is 2.49. The zero-order valence-corrected chi connectivity index (χ0v) is 17.8. The number of nitrogens with two attached hydrogens (primary N) is 1. The largest absolute Gasteiger partial charge is 0.494 e. The lowest BCUT2D eigenvalue weighted by molar-refractivity contribution is -0.123. The molecule has 4 rings (SSSR count). The Hall–Kier alpha value is -3.11. The van der Waals surface area contributed by atoms with Gasteiger partial charge in [-0.2, -0.15) is 0 Å². The van der Waals surface area contributed by atoms with E-state index in [2.05, 4.69) is 4.90 Å². The molecule has 0 saturated carbocycles. The smallest absolute Gasteiger partial charge is 0.232 e. The summed E-state index contributed by atoms with van der Waals surface area (Å²) in [6.07, 6.45) is 1.88. The van der Waals surface area contributed by atoms with Crippen molar-refractivity contribution in [1.29, 1.82) is 0 Å². The molecule has 0 bridgehead atoms. The van der Waals surface area contributed by atoms with E-state index in [1.807, 2.05) is 91.0 Å². The highest BCUT2D eigenvalue weighted by Crippen LogP contribution is 2.43. The summed E-state index contributed by atoms with van der Waals surface area (Å²) in [6.45, 7) is 3.44. The molecule has 3 aromatic rings. The molecule has 0 spiro atoms. The Balaban J connectivity index is 1.49. The van der Waals surface area contributed by atoms with Gasteiger partial charge in [-0.3, -0.25) is 4.79 Å². The highest BCUT2D eigenvalue weighted by atomic mass is 16.5. The number of nitrogens with zero attached hydrogens (tertiary/aromatic N) is 1. The summed E-state index contributed by atoms with van der Waals surface area (Å²) in [5.74, 6) is 0.761. The molecule has 1 unspecified atom stereocenters. The summed E-state index contributed by atoms with van der Waals surface area (Å²) in [5.41, 5.74) is 7.31. The molecular formula is C27H30N2O2. The van der Waals surface area contributed by atoms with Crippen LogP contribution in [0.4, 0.5) is 0 Å². The van der Waals surface area contributed by atoms with Crippen molar-refractivity contribution in [3.05, 3.63) is 102 Å².